The first kappa shape index (κ1) is 17.9. The lowest BCUT2D eigenvalue weighted by atomic mass is 10.2. The largest absolute Gasteiger partial charge is 0.444 e. The van der Waals surface area contributed by atoms with E-state index in [0.29, 0.717) is 19.5 Å². The summed E-state index contributed by atoms with van der Waals surface area (Å²) in [6.45, 7) is 9.64. The molecule has 6 heteroatoms. The zero-order chi connectivity index (χ0) is 15.1. The van der Waals surface area contributed by atoms with Crippen LogP contribution in [-0.4, -0.2) is 55.5 Å². The first-order valence-electron chi connectivity index (χ1n) is 6.41. The molecule has 1 amide bonds. The fourth-order valence-corrected chi connectivity index (χ4v) is 1.37. The van der Waals surface area contributed by atoms with Gasteiger partial charge in [-0.1, -0.05) is 0 Å². The van der Waals surface area contributed by atoms with Crippen molar-refractivity contribution in [1.29, 1.82) is 0 Å². The van der Waals surface area contributed by atoms with E-state index < -0.39 is 24.0 Å². The number of rotatable bonds is 7. The van der Waals surface area contributed by atoms with Crippen molar-refractivity contribution in [3.8, 4) is 0 Å². The number of aldehydes is 1. The molecule has 0 saturated heterocycles. The highest BCUT2D eigenvalue weighted by molar-refractivity contribution is 5.73. The minimum atomic E-state index is -0.838. The highest BCUT2D eigenvalue weighted by atomic mass is 16.7. The summed E-state index contributed by atoms with van der Waals surface area (Å²) in [5, 5.41) is 0. The third-order valence-electron chi connectivity index (χ3n) is 2.21. The first-order valence-corrected chi connectivity index (χ1v) is 6.41. The van der Waals surface area contributed by atoms with E-state index in [-0.39, 0.29) is 0 Å². The second-order valence-corrected chi connectivity index (χ2v) is 5.00. The van der Waals surface area contributed by atoms with Crippen molar-refractivity contribution >= 4 is 12.4 Å². The molecule has 1 unspecified atom stereocenters. The molecule has 0 aromatic carbocycles. The lowest BCUT2D eigenvalue weighted by Gasteiger charge is -2.31. The van der Waals surface area contributed by atoms with Gasteiger partial charge in [0, 0.05) is 20.3 Å². The van der Waals surface area contributed by atoms with E-state index in [9.17, 15) is 9.59 Å². The maximum absolute atomic E-state index is 11.9. The Morgan fingerprint density at radius 2 is 1.68 bits per heavy atom. The molecular weight excluding hydrogens is 250 g/mol. The number of nitrogens with zero attached hydrogens (tertiary/aromatic N) is 1. The van der Waals surface area contributed by atoms with Gasteiger partial charge in [0.25, 0.3) is 0 Å². The van der Waals surface area contributed by atoms with Crippen LogP contribution in [0.25, 0.3) is 0 Å². The fraction of sp³-hybridized carbons (Fsp3) is 0.846. The number of amides is 1. The molecule has 112 valence electrons. The molecule has 19 heavy (non-hydrogen) atoms. The third kappa shape index (κ3) is 6.54. The van der Waals surface area contributed by atoms with Gasteiger partial charge in [0.1, 0.15) is 17.9 Å². The van der Waals surface area contributed by atoms with Gasteiger partial charge >= 0.3 is 6.09 Å². The zero-order valence-electron chi connectivity index (χ0n) is 12.6. The molecule has 0 bridgehead atoms. The topological polar surface area (TPSA) is 65.1 Å². The molecule has 0 aliphatic rings. The van der Waals surface area contributed by atoms with Crippen molar-refractivity contribution in [2.75, 3.05) is 20.3 Å². The number of hydrogen-bond donors (Lipinski definition) is 0. The molecular formula is C13H25NO5. The molecule has 0 spiro atoms. The summed E-state index contributed by atoms with van der Waals surface area (Å²) in [7, 11) is 1.48. The molecule has 0 heterocycles. The van der Waals surface area contributed by atoms with Gasteiger partial charge in [-0.3, -0.25) is 4.90 Å². The van der Waals surface area contributed by atoms with E-state index in [4.69, 9.17) is 14.2 Å². The Hall–Kier alpha value is -1.14. The van der Waals surface area contributed by atoms with Crippen molar-refractivity contribution in [1.82, 2.24) is 4.90 Å². The van der Waals surface area contributed by atoms with Crippen LogP contribution in [0.1, 0.15) is 34.6 Å². The Morgan fingerprint density at radius 3 is 2.00 bits per heavy atom. The summed E-state index contributed by atoms with van der Waals surface area (Å²) in [4.78, 5) is 24.3. The second kappa shape index (κ2) is 8.12. The summed E-state index contributed by atoms with van der Waals surface area (Å²) < 4.78 is 15.9. The SMILES string of the molecule is CCOC(OCC)C(C=O)N(C)C(=O)OC(C)(C)C. The number of carbonyl (C=O) groups excluding carboxylic acids is 2. The fourth-order valence-electron chi connectivity index (χ4n) is 1.37. The predicted molar refractivity (Wildman–Crippen MR) is 70.9 cm³/mol. The molecule has 0 rings (SSSR count). The minimum absolute atomic E-state index is 0.386. The minimum Gasteiger partial charge on any atom is -0.444 e. The van der Waals surface area contributed by atoms with Crippen molar-refractivity contribution in [2.24, 2.45) is 0 Å². The number of carbonyl (C=O) groups is 2. The lowest BCUT2D eigenvalue weighted by molar-refractivity contribution is -0.170. The Labute approximate surface area is 115 Å². The Bertz CT molecular complexity index is 281. The molecule has 0 aromatic rings. The third-order valence-corrected chi connectivity index (χ3v) is 2.21. The lowest BCUT2D eigenvalue weighted by Crippen LogP contribution is -2.49. The number of likely N-dealkylation sites (N-methyl/N-ethyl adjacent to an activating group) is 1. The highest BCUT2D eigenvalue weighted by Gasteiger charge is 2.31. The smallest absolute Gasteiger partial charge is 0.410 e. The van der Waals surface area contributed by atoms with Gasteiger partial charge in [-0.05, 0) is 34.6 Å². The van der Waals surface area contributed by atoms with Crippen LogP contribution in [0.15, 0.2) is 0 Å². The Balaban J connectivity index is 4.80. The van der Waals surface area contributed by atoms with E-state index in [1.807, 2.05) is 0 Å². The molecule has 0 aliphatic carbocycles. The van der Waals surface area contributed by atoms with Crippen molar-refractivity contribution in [3.05, 3.63) is 0 Å². The van der Waals surface area contributed by atoms with Crippen molar-refractivity contribution in [2.45, 2.75) is 52.6 Å². The van der Waals surface area contributed by atoms with E-state index in [2.05, 4.69) is 0 Å². The maximum atomic E-state index is 11.9. The van der Waals surface area contributed by atoms with Gasteiger partial charge in [0.05, 0.1) is 0 Å². The normalized spacial score (nSPS) is 13.2. The second-order valence-electron chi connectivity index (χ2n) is 5.00. The summed E-state index contributed by atoms with van der Waals surface area (Å²) in [5.74, 6) is 0. The molecule has 1 atom stereocenters. The summed E-state index contributed by atoms with van der Waals surface area (Å²) >= 11 is 0. The van der Waals surface area contributed by atoms with Crippen LogP contribution in [0.4, 0.5) is 4.79 Å². The Kier molecular flexibility index (Phi) is 7.63. The standard InChI is InChI=1S/C13H25NO5/c1-7-17-11(18-8-2)10(9-15)14(6)12(16)19-13(3,4)5/h9-11H,7-8H2,1-6H3. The van der Waals surface area contributed by atoms with Crippen molar-refractivity contribution < 1.29 is 23.8 Å². The van der Waals surface area contributed by atoms with E-state index in [1.165, 1.54) is 11.9 Å². The van der Waals surface area contributed by atoms with Gasteiger partial charge in [0.2, 0.25) is 0 Å². The van der Waals surface area contributed by atoms with Crippen LogP contribution in [0.3, 0.4) is 0 Å². The summed E-state index contributed by atoms with van der Waals surface area (Å²) in [6.07, 6.45) is -0.751. The van der Waals surface area contributed by atoms with E-state index in [1.54, 1.807) is 34.6 Å². The van der Waals surface area contributed by atoms with E-state index >= 15 is 0 Å². The molecule has 0 aromatic heterocycles. The predicted octanol–water partition coefficient (Wildman–Crippen LogP) is 1.82. The molecule has 6 nitrogen and oxygen atoms in total. The maximum Gasteiger partial charge on any atom is 0.410 e. The van der Waals surface area contributed by atoms with Crippen LogP contribution in [0, 0.1) is 0 Å². The average Bonchev–Trinajstić information content (AvgIpc) is 2.28. The van der Waals surface area contributed by atoms with Crippen molar-refractivity contribution in [3.63, 3.8) is 0 Å². The summed E-state index contributed by atoms with van der Waals surface area (Å²) in [6, 6.07) is -0.838. The monoisotopic (exact) mass is 275 g/mol. The molecule has 0 aliphatic heterocycles. The van der Waals surface area contributed by atoms with Gasteiger partial charge in [-0.25, -0.2) is 4.79 Å². The number of hydrogen-bond acceptors (Lipinski definition) is 5. The molecule has 0 fully saturated rings. The highest BCUT2D eigenvalue weighted by Crippen LogP contribution is 2.13. The molecule has 0 radical (unpaired) electrons. The zero-order valence-corrected chi connectivity index (χ0v) is 12.6. The van der Waals surface area contributed by atoms with Crippen LogP contribution >= 0.6 is 0 Å². The van der Waals surface area contributed by atoms with Crippen LogP contribution in [-0.2, 0) is 19.0 Å². The first-order chi connectivity index (χ1) is 8.76. The van der Waals surface area contributed by atoms with Gasteiger partial charge < -0.3 is 19.0 Å². The van der Waals surface area contributed by atoms with Gasteiger partial charge in [0.15, 0.2) is 6.29 Å². The summed E-state index contributed by atoms with van der Waals surface area (Å²) in [5.41, 5.74) is -0.620. The Morgan fingerprint density at radius 1 is 1.21 bits per heavy atom. The van der Waals surface area contributed by atoms with Crippen LogP contribution in [0.2, 0.25) is 0 Å². The van der Waals surface area contributed by atoms with Gasteiger partial charge in [-0.2, -0.15) is 0 Å². The average molecular weight is 275 g/mol. The van der Waals surface area contributed by atoms with Gasteiger partial charge in [-0.15, -0.1) is 0 Å². The number of ether oxygens (including phenoxy) is 3. The molecule has 0 N–H and O–H groups in total. The quantitative estimate of drug-likeness (QED) is 0.524. The van der Waals surface area contributed by atoms with E-state index in [0.717, 1.165) is 0 Å². The van der Waals surface area contributed by atoms with Crippen LogP contribution in [0.5, 0.6) is 0 Å². The molecule has 0 saturated carbocycles. The van der Waals surface area contributed by atoms with Crippen LogP contribution < -0.4 is 0 Å².